The maximum Gasteiger partial charge on any atom is 0.231 e. The summed E-state index contributed by atoms with van der Waals surface area (Å²) >= 11 is 11.5. The molecule has 1 aromatic heterocycles. The fraction of sp³-hybridized carbons (Fsp3) is 0. The van der Waals surface area contributed by atoms with Gasteiger partial charge in [-0.05, 0) is 36.4 Å². The van der Waals surface area contributed by atoms with E-state index in [0.717, 1.165) is 0 Å². The zero-order valence-corrected chi connectivity index (χ0v) is 11.5. The van der Waals surface area contributed by atoms with Crippen LogP contribution in [0.5, 0.6) is 0 Å². The number of benzene rings is 2. The second kappa shape index (κ2) is 4.93. The molecule has 0 saturated carbocycles. The molecule has 0 atom stereocenters. The molecule has 2 nitrogen and oxygen atoms in total. The molecule has 0 aliphatic carbocycles. The number of carbonyl (C=O) groups excluding carboxylic acids is 1. The predicted molar refractivity (Wildman–Crippen MR) is 76.1 cm³/mol. The third kappa shape index (κ3) is 2.19. The molecule has 0 aliphatic rings. The van der Waals surface area contributed by atoms with Gasteiger partial charge in [-0.3, -0.25) is 4.79 Å². The van der Waals surface area contributed by atoms with Gasteiger partial charge < -0.3 is 4.42 Å². The van der Waals surface area contributed by atoms with Gasteiger partial charge in [-0.2, -0.15) is 0 Å². The second-order valence-corrected chi connectivity index (χ2v) is 5.07. The van der Waals surface area contributed by atoms with Crippen LogP contribution in [0.4, 0.5) is 4.39 Å². The molecular formula is C15H7Cl2FO2. The van der Waals surface area contributed by atoms with E-state index in [0.29, 0.717) is 16.0 Å². The van der Waals surface area contributed by atoms with Gasteiger partial charge in [0.25, 0.3) is 0 Å². The largest absolute Gasteiger partial charge is 0.453 e. The summed E-state index contributed by atoms with van der Waals surface area (Å²) in [6.07, 6.45) is 0. The molecule has 3 aromatic rings. The highest BCUT2D eigenvalue weighted by atomic mass is 35.5. The Bertz CT molecular complexity index is 824. The van der Waals surface area contributed by atoms with Gasteiger partial charge in [0.15, 0.2) is 11.6 Å². The molecule has 1 heterocycles. The van der Waals surface area contributed by atoms with Crippen molar-refractivity contribution in [1.29, 1.82) is 0 Å². The van der Waals surface area contributed by atoms with Crippen molar-refractivity contribution < 1.29 is 13.6 Å². The number of halogens is 3. The summed E-state index contributed by atoms with van der Waals surface area (Å²) in [5.41, 5.74) is 0.392. The van der Waals surface area contributed by atoms with Crippen molar-refractivity contribution in [2.75, 3.05) is 0 Å². The van der Waals surface area contributed by atoms with Gasteiger partial charge in [0.2, 0.25) is 5.78 Å². The van der Waals surface area contributed by atoms with Crippen LogP contribution in [0.2, 0.25) is 10.0 Å². The Hall–Kier alpha value is -1.84. The Balaban J connectivity index is 2.10. The van der Waals surface area contributed by atoms with E-state index in [4.69, 9.17) is 27.6 Å². The normalized spacial score (nSPS) is 10.9. The maximum absolute atomic E-state index is 13.8. The standard InChI is InChI=1S/C15H7Cl2FO2/c16-9-4-5-12-8(6-9)7-13(20-12)15(19)10-2-1-3-11(17)14(10)18/h1-7H. The van der Waals surface area contributed by atoms with Crippen molar-refractivity contribution in [1.82, 2.24) is 0 Å². The van der Waals surface area contributed by atoms with Crippen LogP contribution in [0.25, 0.3) is 11.0 Å². The Kier molecular flexibility index (Phi) is 3.24. The summed E-state index contributed by atoms with van der Waals surface area (Å²) in [6.45, 7) is 0. The van der Waals surface area contributed by atoms with Crippen LogP contribution >= 0.6 is 23.2 Å². The average Bonchev–Trinajstić information content (AvgIpc) is 2.84. The molecule has 0 bridgehead atoms. The Morgan fingerprint density at radius 3 is 2.70 bits per heavy atom. The topological polar surface area (TPSA) is 30.2 Å². The van der Waals surface area contributed by atoms with E-state index in [1.165, 1.54) is 24.3 Å². The summed E-state index contributed by atoms with van der Waals surface area (Å²) in [7, 11) is 0. The van der Waals surface area contributed by atoms with Crippen LogP contribution in [0.3, 0.4) is 0 Å². The van der Waals surface area contributed by atoms with Crippen LogP contribution in [0.1, 0.15) is 16.1 Å². The van der Waals surface area contributed by atoms with Gasteiger partial charge in [-0.15, -0.1) is 0 Å². The predicted octanol–water partition coefficient (Wildman–Crippen LogP) is 5.11. The van der Waals surface area contributed by atoms with Gasteiger partial charge in [0, 0.05) is 10.4 Å². The van der Waals surface area contributed by atoms with Crippen LogP contribution < -0.4 is 0 Å². The molecule has 0 fully saturated rings. The SMILES string of the molecule is O=C(c1cc2cc(Cl)ccc2o1)c1cccc(Cl)c1F. The quantitative estimate of drug-likeness (QED) is 0.616. The molecule has 0 saturated heterocycles. The van der Waals surface area contributed by atoms with Crippen molar-refractivity contribution >= 4 is 40.0 Å². The van der Waals surface area contributed by atoms with E-state index >= 15 is 0 Å². The van der Waals surface area contributed by atoms with Crippen molar-refractivity contribution in [2.45, 2.75) is 0 Å². The first-order valence-corrected chi connectivity index (χ1v) is 6.49. The molecular weight excluding hydrogens is 302 g/mol. The number of rotatable bonds is 2. The number of furan rings is 1. The van der Waals surface area contributed by atoms with Crippen molar-refractivity contribution in [3.8, 4) is 0 Å². The first kappa shape index (κ1) is 13.2. The zero-order valence-electron chi connectivity index (χ0n) is 9.99. The Morgan fingerprint density at radius 2 is 1.90 bits per heavy atom. The lowest BCUT2D eigenvalue weighted by Crippen LogP contribution is -2.03. The lowest BCUT2D eigenvalue weighted by Gasteiger charge is -2.00. The summed E-state index contributed by atoms with van der Waals surface area (Å²) < 4.78 is 19.3. The van der Waals surface area contributed by atoms with Crippen LogP contribution in [0.15, 0.2) is 46.9 Å². The summed E-state index contributed by atoms with van der Waals surface area (Å²) in [5.74, 6) is -1.27. The Morgan fingerprint density at radius 1 is 1.10 bits per heavy atom. The van der Waals surface area contributed by atoms with Gasteiger partial charge in [0.1, 0.15) is 5.58 Å². The van der Waals surface area contributed by atoms with E-state index in [9.17, 15) is 9.18 Å². The minimum Gasteiger partial charge on any atom is -0.453 e. The number of hydrogen-bond acceptors (Lipinski definition) is 2. The molecule has 0 N–H and O–H groups in total. The van der Waals surface area contributed by atoms with Crippen molar-refractivity contribution in [3.63, 3.8) is 0 Å². The van der Waals surface area contributed by atoms with E-state index in [-0.39, 0.29) is 16.3 Å². The third-order valence-electron chi connectivity index (χ3n) is 2.90. The highest BCUT2D eigenvalue weighted by Crippen LogP contribution is 2.26. The van der Waals surface area contributed by atoms with E-state index in [2.05, 4.69) is 0 Å². The lowest BCUT2D eigenvalue weighted by atomic mass is 10.1. The maximum atomic E-state index is 13.8. The molecule has 0 radical (unpaired) electrons. The first-order chi connectivity index (χ1) is 9.56. The highest BCUT2D eigenvalue weighted by Gasteiger charge is 2.19. The molecule has 100 valence electrons. The van der Waals surface area contributed by atoms with E-state index in [1.807, 2.05) is 0 Å². The molecule has 0 unspecified atom stereocenters. The third-order valence-corrected chi connectivity index (χ3v) is 3.43. The minimum atomic E-state index is -0.752. The van der Waals surface area contributed by atoms with Gasteiger partial charge >= 0.3 is 0 Å². The fourth-order valence-electron chi connectivity index (χ4n) is 1.94. The first-order valence-electron chi connectivity index (χ1n) is 5.74. The van der Waals surface area contributed by atoms with Gasteiger partial charge in [-0.1, -0.05) is 29.3 Å². The van der Waals surface area contributed by atoms with Crippen LogP contribution in [0, 0.1) is 5.82 Å². The van der Waals surface area contributed by atoms with Gasteiger partial charge in [-0.25, -0.2) is 4.39 Å². The molecule has 20 heavy (non-hydrogen) atoms. The summed E-state index contributed by atoms with van der Waals surface area (Å²) in [5, 5.41) is 1.12. The van der Waals surface area contributed by atoms with Crippen LogP contribution in [-0.4, -0.2) is 5.78 Å². The number of fused-ring (bicyclic) bond motifs is 1. The average molecular weight is 309 g/mol. The zero-order chi connectivity index (χ0) is 14.3. The number of ketones is 1. The lowest BCUT2D eigenvalue weighted by molar-refractivity contribution is 0.101. The molecule has 0 spiro atoms. The fourth-order valence-corrected chi connectivity index (χ4v) is 2.29. The molecule has 0 amide bonds. The monoisotopic (exact) mass is 308 g/mol. The summed E-state index contributed by atoms with van der Waals surface area (Å²) in [4.78, 5) is 12.2. The highest BCUT2D eigenvalue weighted by molar-refractivity contribution is 6.31. The van der Waals surface area contributed by atoms with E-state index in [1.54, 1.807) is 18.2 Å². The summed E-state index contributed by atoms with van der Waals surface area (Å²) in [6, 6.07) is 10.8. The van der Waals surface area contributed by atoms with Gasteiger partial charge in [0.05, 0.1) is 10.6 Å². The minimum absolute atomic E-state index is 0.0448. The molecule has 2 aromatic carbocycles. The van der Waals surface area contributed by atoms with Crippen molar-refractivity contribution in [2.24, 2.45) is 0 Å². The second-order valence-electron chi connectivity index (χ2n) is 4.22. The smallest absolute Gasteiger partial charge is 0.231 e. The molecule has 0 aliphatic heterocycles. The van der Waals surface area contributed by atoms with Crippen LogP contribution in [-0.2, 0) is 0 Å². The Labute approximate surface area is 123 Å². The number of hydrogen-bond donors (Lipinski definition) is 0. The number of carbonyl (C=O) groups is 1. The van der Waals surface area contributed by atoms with Crippen molar-refractivity contribution in [3.05, 3.63) is 69.7 Å². The molecule has 3 rings (SSSR count). The molecule has 5 heteroatoms. The van der Waals surface area contributed by atoms with E-state index < -0.39 is 11.6 Å².